The summed E-state index contributed by atoms with van der Waals surface area (Å²) in [5.74, 6) is -7.33. The fraction of sp³-hybridized carbons (Fsp3) is 0.306. The first-order valence-corrected chi connectivity index (χ1v) is 17.0. The summed E-state index contributed by atoms with van der Waals surface area (Å²) in [5.41, 5.74) is 2.92. The van der Waals surface area contributed by atoms with Crippen molar-refractivity contribution in [1.29, 1.82) is 0 Å². The summed E-state index contributed by atoms with van der Waals surface area (Å²) in [6.07, 6.45) is 0.741. The third-order valence-corrected chi connectivity index (χ3v) is 11.4. The second-order valence-corrected chi connectivity index (χ2v) is 14.0. The number of carbonyl (C=O) groups excluding carboxylic acids is 5. The minimum absolute atomic E-state index is 0.0130. The van der Waals surface area contributed by atoms with E-state index in [0.717, 1.165) is 12.1 Å². The molecule has 7 rings (SSSR count). The molecule has 0 spiro atoms. The van der Waals surface area contributed by atoms with Crippen molar-refractivity contribution in [2.45, 2.75) is 24.2 Å². The Kier molecular flexibility index (Phi) is 8.68. The van der Waals surface area contributed by atoms with Crippen molar-refractivity contribution in [2.75, 3.05) is 26.8 Å². The molecule has 264 valence electrons. The van der Waals surface area contributed by atoms with Gasteiger partial charge in [-0.05, 0) is 72.4 Å². The van der Waals surface area contributed by atoms with Crippen LogP contribution < -0.4 is 14.9 Å². The summed E-state index contributed by atoms with van der Waals surface area (Å²) >= 11 is 19.2. The number of imide groups is 4. The Balaban J connectivity index is 1.49. The van der Waals surface area contributed by atoms with Crippen molar-refractivity contribution in [2.24, 2.45) is 23.7 Å². The molecule has 12 nitrogen and oxygen atoms in total. The highest BCUT2D eigenvalue weighted by atomic mass is 35.5. The number of methoxy groups -OCH3 is 3. The number of hydrazine groups is 1. The number of benzene rings is 3. The lowest BCUT2D eigenvalue weighted by molar-refractivity contribution is -0.140. The van der Waals surface area contributed by atoms with E-state index in [-0.39, 0.29) is 40.1 Å². The molecule has 3 fully saturated rings. The van der Waals surface area contributed by atoms with Crippen LogP contribution in [0.1, 0.15) is 29.9 Å². The van der Waals surface area contributed by atoms with Crippen molar-refractivity contribution < 1.29 is 43.3 Å². The standard InChI is InChI=1S/C36H30Cl3N3O9/c1-49-19-7-4-17(5-8-19)36-23(32(45)42(34(36)47)40-26-11-6-18(37)14-24(26)38)15-22-20(29(36)16-12-25(39)30(43)27(13-16)50-2)9-10-21-28(22)33(46)41(31(21)44)35(48)51-3/h4-9,11-14,21-23,28-29,40,43H,10,15H2,1-3H3/t21-,22+,23-,28-,29-,36+/m0/s1. The number of allylic oxidation sites excluding steroid dienone is 2. The van der Waals surface area contributed by atoms with Crippen LogP contribution >= 0.6 is 34.8 Å². The molecule has 0 aromatic heterocycles. The van der Waals surface area contributed by atoms with Gasteiger partial charge in [0.15, 0.2) is 11.5 Å². The van der Waals surface area contributed by atoms with E-state index in [9.17, 15) is 24.3 Å². The van der Waals surface area contributed by atoms with Gasteiger partial charge in [0.2, 0.25) is 11.8 Å². The Hall–Kier alpha value is -4.78. The van der Waals surface area contributed by atoms with Gasteiger partial charge in [-0.15, -0.1) is 0 Å². The zero-order valence-electron chi connectivity index (χ0n) is 27.3. The van der Waals surface area contributed by atoms with E-state index in [2.05, 4.69) is 5.43 Å². The number of amides is 5. The molecule has 4 aliphatic rings. The van der Waals surface area contributed by atoms with E-state index in [4.69, 9.17) is 49.0 Å². The van der Waals surface area contributed by atoms with Crippen molar-refractivity contribution in [3.05, 3.63) is 92.4 Å². The number of nitrogens with zero attached hydrogens (tertiary/aromatic N) is 2. The minimum atomic E-state index is -1.68. The lowest BCUT2D eigenvalue weighted by Gasteiger charge is -2.50. The zero-order chi connectivity index (χ0) is 36.5. The maximum Gasteiger partial charge on any atom is 0.423 e. The Morgan fingerprint density at radius 2 is 1.61 bits per heavy atom. The molecule has 3 aromatic carbocycles. The first-order chi connectivity index (χ1) is 24.4. The number of halogens is 3. The third kappa shape index (κ3) is 5.06. The molecule has 6 atom stereocenters. The Bertz CT molecular complexity index is 2050. The van der Waals surface area contributed by atoms with E-state index in [0.29, 0.717) is 32.4 Å². The predicted octanol–water partition coefficient (Wildman–Crippen LogP) is 6.12. The van der Waals surface area contributed by atoms with Crippen LogP contribution in [0.4, 0.5) is 10.5 Å². The fourth-order valence-electron chi connectivity index (χ4n) is 8.41. The molecule has 2 aliphatic heterocycles. The van der Waals surface area contributed by atoms with E-state index in [1.807, 2.05) is 0 Å². The topological polar surface area (TPSA) is 152 Å². The number of ether oxygens (including phenoxy) is 3. The van der Waals surface area contributed by atoms with Crippen LogP contribution in [-0.4, -0.2) is 66.1 Å². The van der Waals surface area contributed by atoms with E-state index < -0.39 is 64.7 Å². The number of rotatable bonds is 6. The third-order valence-electron chi connectivity index (χ3n) is 10.5. The number of aromatic hydroxyl groups is 1. The summed E-state index contributed by atoms with van der Waals surface area (Å²) in [7, 11) is 3.93. The molecule has 2 saturated heterocycles. The highest BCUT2D eigenvalue weighted by molar-refractivity contribution is 6.36. The number of hydrogen-bond donors (Lipinski definition) is 2. The van der Waals surface area contributed by atoms with Gasteiger partial charge < -0.3 is 19.3 Å². The van der Waals surface area contributed by atoms with Gasteiger partial charge in [-0.1, -0.05) is 58.6 Å². The quantitative estimate of drug-likeness (QED) is 0.223. The molecule has 0 bridgehead atoms. The number of carbonyl (C=O) groups is 5. The zero-order valence-corrected chi connectivity index (χ0v) is 29.6. The Morgan fingerprint density at radius 3 is 2.25 bits per heavy atom. The Labute approximate surface area is 306 Å². The van der Waals surface area contributed by atoms with Crippen molar-refractivity contribution in [1.82, 2.24) is 9.91 Å². The van der Waals surface area contributed by atoms with Gasteiger partial charge in [-0.2, -0.15) is 9.91 Å². The van der Waals surface area contributed by atoms with Crippen molar-refractivity contribution in [3.63, 3.8) is 0 Å². The molecule has 2 N–H and O–H groups in total. The highest BCUT2D eigenvalue weighted by Gasteiger charge is 2.70. The van der Waals surface area contributed by atoms with Gasteiger partial charge in [-0.3, -0.25) is 24.6 Å². The number of phenolic OH excluding ortho intramolecular Hbond substituents is 1. The van der Waals surface area contributed by atoms with E-state index in [1.165, 1.54) is 38.5 Å². The fourth-order valence-corrected chi connectivity index (χ4v) is 9.08. The van der Waals surface area contributed by atoms with Gasteiger partial charge in [0.25, 0.3) is 11.8 Å². The summed E-state index contributed by atoms with van der Waals surface area (Å²) < 4.78 is 15.7. The summed E-state index contributed by atoms with van der Waals surface area (Å²) in [6.45, 7) is 0. The molecule has 2 heterocycles. The van der Waals surface area contributed by atoms with Crippen LogP contribution in [-0.2, 0) is 29.3 Å². The maximum absolute atomic E-state index is 15.3. The van der Waals surface area contributed by atoms with E-state index >= 15 is 4.79 Å². The van der Waals surface area contributed by atoms with Gasteiger partial charge in [0.05, 0.1) is 60.2 Å². The van der Waals surface area contributed by atoms with Crippen LogP contribution in [0.2, 0.25) is 15.1 Å². The molecular weight excluding hydrogens is 725 g/mol. The van der Waals surface area contributed by atoms with E-state index in [1.54, 1.807) is 36.4 Å². The smallest absolute Gasteiger partial charge is 0.423 e. The van der Waals surface area contributed by atoms with Crippen LogP contribution in [0.15, 0.2) is 66.2 Å². The van der Waals surface area contributed by atoms with Crippen LogP contribution in [0.25, 0.3) is 0 Å². The summed E-state index contributed by atoms with van der Waals surface area (Å²) in [4.78, 5) is 70.7. The average molecular weight is 755 g/mol. The minimum Gasteiger partial charge on any atom is -0.503 e. The normalized spacial score (nSPS) is 26.7. The second-order valence-electron chi connectivity index (χ2n) is 12.7. The van der Waals surface area contributed by atoms with Crippen molar-refractivity contribution >= 4 is 70.2 Å². The number of fused-ring (bicyclic) bond motifs is 4. The highest BCUT2D eigenvalue weighted by Crippen LogP contribution is 2.64. The van der Waals surface area contributed by atoms with Crippen LogP contribution in [0, 0.1) is 23.7 Å². The van der Waals surface area contributed by atoms with Crippen LogP contribution in [0.5, 0.6) is 17.2 Å². The number of nitrogens with one attached hydrogen (secondary N) is 1. The molecule has 0 unspecified atom stereocenters. The SMILES string of the molecule is COC(=O)N1C(=O)[C@H]2[C@H](CC=C3[C@H]2C[C@H]2C(=O)N(Nc4ccc(Cl)cc4Cl)C(=O)[C@@]2(c2ccc(OC)cc2)[C@H]3c2cc(Cl)c(O)c(OC)c2)C1=O. The molecule has 0 radical (unpaired) electrons. The number of anilines is 1. The molecular formula is C36H30Cl3N3O9. The summed E-state index contributed by atoms with van der Waals surface area (Å²) in [6, 6.07) is 14.3. The first kappa shape index (κ1) is 34.7. The molecule has 2 aliphatic carbocycles. The van der Waals surface area contributed by atoms with Gasteiger partial charge >= 0.3 is 6.09 Å². The lowest BCUT2D eigenvalue weighted by Crippen LogP contribution is -2.53. The molecule has 1 saturated carbocycles. The largest absolute Gasteiger partial charge is 0.503 e. The molecule has 3 aromatic rings. The number of likely N-dealkylation sites (tertiary alicyclic amines) is 1. The van der Waals surface area contributed by atoms with Gasteiger partial charge in [0.1, 0.15) is 5.75 Å². The van der Waals surface area contributed by atoms with Crippen molar-refractivity contribution in [3.8, 4) is 17.2 Å². The lowest BCUT2D eigenvalue weighted by atomic mass is 9.49. The molecule has 51 heavy (non-hydrogen) atoms. The van der Waals surface area contributed by atoms with Gasteiger partial charge in [-0.25, -0.2) is 4.79 Å². The maximum atomic E-state index is 15.3. The predicted molar refractivity (Wildman–Crippen MR) is 185 cm³/mol. The Morgan fingerprint density at radius 1 is 0.882 bits per heavy atom. The first-order valence-electron chi connectivity index (χ1n) is 15.9. The second kappa shape index (κ2) is 12.8. The number of hydrogen-bond acceptors (Lipinski definition) is 10. The molecule has 15 heteroatoms. The molecule has 5 amide bonds. The summed E-state index contributed by atoms with van der Waals surface area (Å²) in [5, 5.41) is 12.1. The van der Waals surface area contributed by atoms with Crippen LogP contribution in [0.3, 0.4) is 0 Å². The monoisotopic (exact) mass is 753 g/mol. The average Bonchev–Trinajstić information content (AvgIpc) is 3.50. The van der Waals surface area contributed by atoms with Gasteiger partial charge in [0, 0.05) is 10.9 Å². The number of phenols is 1.